The summed E-state index contributed by atoms with van der Waals surface area (Å²) >= 11 is 0. The van der Waals surface area contributed by atoms with Crippen LogP contribution >= 0.6 is 0 Å². The topological polar surface area (TPSA) is 66.7 Å². The van der Waals surface area contributed by atoms with E-state index in [4.69, 9.17) is 4.42 Å². The first-order chi connectivity index (χ1) is 14.1. The van der Waals surface area contributed by atoms with Crippen molar-refractivity contribution < 1.29 is 14.0 Å². The number of carbonyl (C=O) groups excluding carboxylic acids is 2. The fourth-order valence-electron chi connectivity index (χ4n) is 3.95. The molecule has 6 heteroatoms. The molecule has 2 heterocycles. The van der Waals surface area contributed by atoms with Gasteiger partial charge in [-0.25, -0.2) is 4.98 Å². The number of amides is 2. The van der Waals surface area contributed by atoms with E-state index in [0.29, 0.717) is 43.5 Å². The van der Waals surface area contributed by atoms with Crippen LogP contribution in [0.3, 0.4) is 0 Å². The average Bonchev–Trinajstić information content (AvgIpc) is 3.12. The van der Waals surface area contributed by atoms with E-state index in [1.54, 1.807) is 9.80 Å². The van der Waals surface area contributed by atoms with E-state index in [9.17, 15) is 9.59 Å². The van der Waals surface area contributed by atoms with Crippen molar-refractivity contribution in [2.24, 2.45) is 0 Å². The molecule has 1 aliphatic heterocycles. The van der Waals surface area contributed by atoms with Crippen molar-refractivity contribution in [2.45, 2.75) is 45.6 Å². The van der Waals surface area contributed by atoms with E-state index in [1.165, 1.54) is 18.4 Å². The van der Waals surface area contributed by atoms with Gasteiger partial charge in [0.15, 0.2) is 0 Å². The van der Waals surface area contributed by atoms with Crippen LogP contribution in [0, 0.1) is 6.92 Å². The zero-order valence-electron chi connectivity index (χ0n) is 16.9. The van der Waals surface area contributed by atoms with E-state index in [-0.39, 0.29) is 0 Å². The van der Waals surface area contributed by atoms with Crippen molar-refractivity contribution in [3.05, 3.63) is 53.4 Å². The Morgan fingerprint density at radius 3 is 2.55 bits per heavy atom. The van der Waals surface area contributed by atoms with Crippen molar-refractivity contribution in [3.8, 4) is 11.5 Å². The van der Waals surface area contributed by atoms with Crippen LogP contribution in [0.2, 0.25) is 0 Å². The van der Waals surface area contributed by atoms with Crippen molar-refractivity contribution in [1.82, 2.24) is 14.8 Å². The van der Waals surface area contributed by atoms with E-state index < -0.39 is 11.8 Å². The molecule has 2 amide bonds. The Morgan fingerprint density at radius 2 is 1.79 bits per heavy atom. The first-order valence-corrected chi connectivity index (χ1v) is 10.4. The first-order valence-electron chi connectivity index (χ1n) is 10.4. The Kier molecular flexibility index (Phi) is 5.79. The number of piperazine rings is 1. The summed E-state index contributed by atoms with van der Waals surface area (Å²) in [6.45, 7) is 3.86. The Bertz CT molecular complexity index is 917. The summed E-state index contributed by atoms with van der Waals surface area (Å²) in [5.41, 5.74) is 3.02. The number of oxazole rings is 1. The molecule has 0 atom stereocenters. The van der Waals surface area contributed by atoms with Crippen molar-refractivity contribution in [3.63, 3.8) is 0 Å². The average molecular weight is 393 g/mol. The Labute approximate surface area is 171 Å². The molecule has 1 fully saturated rings. The summed E-state index contributed by atoms with van der Waals surface area (Å²) < 4.78 is 5.78. The van der Waals surface area contributed by atoms with Crippen LogP contribution in [0.25, 0.3) is 11.5 Å². The number of aryl methyl sites for hydroxylation is 1. The summed E-state index contributed by atoms with van der Waals surface area (Å²) in [6.07, 6.45) is 7.92. The highest BCUT2D eigenvalue weighted by molar-refractivity contribution is 6.35. The highest BCUT2D eigenvalue weighted by Gasteiger charge is 2.33. The third kappa shape index (κ3) is 4.42. The number of allylic oxidation sites excluding steroid dienone is 1. The second-order valence-corrected chi connectivity index (χ2v) is 7.76. The maximum atomic E-state index is 12.6. The Balaban J connectivity index is 1.37. The van der Waals surface area contributed by atoms with E-state index in [2.05, 4.69) is 11.1 Å². The third-order valence-corrected chi connectivity index (χ3v) is 5.74. The van der Waals surface area contributed by atoms with Gasteiger partial charge in [0, 0.05) is 25.2 Å². The van der Waals surface area contributed by atoms with Crippen LogP contribution in [-0.2, 0) is 16.1 Å². The lowest BCUT2D eigenvalue weighted by Crippen LogP contribution is -2.54. The predicted molar refractivity (Wildman–Crippen MR) is 110 cm³/mol. The SMILES string of the molecule is Cc1oc(-c2ccccc2)nc1CN1CCN(CCC2=CCCCC2)C(=O)C1=O. The molecule has 2 aliphatic rings. The lowest BCUT2D eigenvalue weighted by molar-refractivity contribution is -0.156. The van der Waals surface area contributed by atoms with Crippen LogP contribution in [0.5, 0.6) is 0 Å². The molecule has 0 saturated carbocycles. The zero-order valence-corrected chi connectivity index (χ0v) is 16.9. The summed E-state index contributed by atoms with van der Waals surface area (Å²) in [5.74, 6) is 0.363. The Hall–Kier alpha value is -2.89. The summed E-state index contributed by atoms with van der Waals surface area (Å²) in [6, 6.07) is 9.67. The molecule has 0 radical (unpaired) electrons. The fourth-order valence-corrected chi connectivity index (χ4v) is 3.95. The predicted octanol–water partition coefficient (Wildman–Crippen LogP) is 3.71. The highest BCUT2D eigenvalue weighted by Crippen LogP contribution is 2.24. The number of rotatable bonds is 6. The second-order valence-electron chi connectivity index (χ2n) is 7.76. The number of aromatic nitrogens is 1. The molecular formula is C23H27N3O3. The standard InChI is InChI=1S/C23H27N3O3/c1-17-20(24-21(29-17)19-10-6-3-7-11-19)16-26-15-14-25(22(27)23(26)28)13-12-18-8-4-2-5-9-18/h3,6-8,10-11H,2,4-5,9,12-16H2,1H3. The molecule has 152 valence electrons. The normalized spacial score (nSPS) is 17.6. The molecule has 0 N–H and O–H groups in total. The van der Waals surface area contributed by atoms with Gasteiger partial charge in [-0.2, -0.15) is 0 Å². The van der Waals surface area contributed by atoms with Crippen molar-refractivity contribution >= 4 is 11.8 Å². The van der Waals surface area contributed by atoms with Gasteiger partial charge in [-0.3, -0.25) is 9.59 Å². The summed E-state index contributed by atoms with van der Waals surface area (Å²) in [4.78, 5) is 33.1. The molecule has 29 heavy (non-hydrogen) atoms. The first kappa shape index (κ1) is 19.4. The van der Waals surface area contributed by atoms with Gasteiger partial charge in [-0.1, -0.05) is 29.8 Å². The van der Waals surface area contributed by atoms with Gasteiger partial charge < -0.3 is 14.2 Å². The third-order valence-electron chi connectivity index (χ3n) is 5.74. The van der Waals surface area contributed by atoms with Crippen LogP contribution in [-0.4, -0.2) is 46.2 Å². The quantitative estimate of drug-likeness (QED) is 0.554. The lowest BCUT2D eigenvalue weighted by atomic mass is 9.97. The summed E-state index contributed by atoms with van der Waals surface area (Å²) in [5, 5.41) is 0. The number of nitrogens with zero attached hydrogens (tertiary/aromatic N) is 3. The molecule has 4 rings (SSSR count). The summed E-state index contributed by atoms with van der Waals surface area (Å²) in [7, 11) is 0. The molecule has 6 nitrogen and oxygen atoms in total. The number of hydrogen-bond donors (Lipinski definition) is 0. The largest absolute Gasteiger partial charge is 0.441 e. The molecule has 0 spiro atoms. The monoisotopic (exact) mass is 393 g/mol. The van der Waals surface area contributed by atoms with Crippen LogP contribution in [0.1, 0.15) is 43.6 Å². The van der Waals surface area contributed by atoms with Gasteiger partial charge in [0.05, 0.1) is 6.54 Å². The molecule has 0 bridgehead atoms. The smallest absolute Gasteiger partial charge is 0.312 e. The molecule has 1 aliphatic carbocycles. The van der Waals surface area contributed by atoms with E-state index >= 15 is 0 Å². The van der Waals surface area contributed by atoms with Crippen LogP contribution in [0.15, 0.2) is 46.4 Å². The molecular weight excluding hydrogens is 366 g/mol. The van der Waals surface area contributed by atoms with Gasteiger partial charge in [-0.05, 0) is 51.2 Å². The van der Waals surface area contributed by atoms with E-state index in [1.807, 2.05) is 37.3 Å². The number of carbonyl (C=O) groups is 2. The maximum Gasteiger partial charge on any atom is 0.312 e. The van der Waals surface area contributed by atoms with Crippen molar-refractivity contribution in [2.75, 3.05) is 19.6 Å². The molecule has 1 aromatic heterocycles. The van der Waals surface area contributed by atoms with Crippen molar-refractivity contribution in [1.29, 1.82) is 0 Å². The molecule has 1 saturated heterocycles. The molecule has 0 unspecified atom stereocenters. The molecule has 2 aromatic rings. The Morgan fingerprint density at radius 1 is 1.03 bits per heavy atom. The minimum Gasteiger partial charge on any atom is -0.441 e. The second kappa shape index (κ2) is 8.64. The maximum absolute atomic E-state index is 12.6. The number of hydrogen-bond acceptors (Lipinski definition) is 4. The van der Waals surface area contributed by atoms with Gasteiger partial charge in [0.1, 0.15) is 11.5 Å². The molecule has 1 aromatic carbocycles. The minimum atomic E-state index is -0.447. The highest BCUT2D eigenvalue weighted by atomic mass is 16.4. The van der Waals surface area contributed by atoms with Crippen LogP contribution in [0.4, 0.5) is 0 Å². The van der Waals surface area contributed by atoms with Gasteiger partial charge in [0.25, 0.3) is 0 Å². The van der Waals surface area contributed by atoms with Gasteiger partial charge >= 0.3 is 11.8 Å². The zero-order chi connectivity index (χ0) is 20.2. The lowest BCUT2D eigenvalue weighted by Gasteiger charge is -2.33. The fraction of sp³-hybridized carbons (Fsp3) is 0.435. The minimum absolute atomic E-state index is 0.297. The number of benzene rings is 1. The van der Waals surface area contributed by atoms with E-state index in [0.717, 1.165) is 24.8 Å². The van der Waals surface area contributed by atoms with Gasteiger partial charge in [-0.15, -0.1) is 0 Å². The van der Waals surface area contributed by atoms with Crippen LogP contribution < -0.4 is 0 Å². The van der Waals surface area contributed by atoms with Gasteiger partial charge in [0.2, 0.25) is 5.89 Å².